The number of aromatic nitrogens is 1. The van der Waals surface area contributed by atoms with Gasteiger partial charge in [0.2, 0.25) is 0 Å². The average Bonchev–Trinajstić information content (AvgIpc) is 2.60. The van der Waals surface area contributed by atoms with Gasteiger partial charge < -0.3 is 20.5 Å². The number of nitrogens with zero attached hydrogens (tertiary/aromatic N) is 1. The van der Waals surface area contributed by atoms with Crippen molar-refractivity contribution in [2.75, 3.05) is 19.5 Å². The number of carboxylic acid groups (broad SMARTS) is 1. The number of carboxylic acids is 1. The molecule has 24 heavy (non-hydrogen) atoms. The van der Waals surface area contributed by atoms with Crippen LogP contribution in [0.1, 0.15) is 31.3 Å². The number of carbonyl (C=O) groups excluding carboxylic acids is 2. The van der Waals surface area contributed by atoms with Crippen LogP contribution in [0.4, 0.5) is 5.69 Å². The van der Waals surface area contributed by atoms with E-state index in [0.29, 0.717) is 11.3 Å². The summed E-state index contributed by atoms with van der Waals surface area (Å²) in [6, 6.07) is 8.64. The van der Waals surface area contributed by atoms with Gasteiger partial charge in [-0.1, -0.05) is 6.07 Å². The highest BCUT2D eigenvalue weighted by atomic mass is 16.5. The minimum atomic E-state index is -1.23. The van der Waals surface area contributed by atoms with E-state index in [1.54, 1.807) is 12.1 Å². The van der Waals surface area contributed by atoms with Gasteiger partial charge in [0, 0.05) is 12.6 Å². The summed E-state index contributed by atoms with van der Waals surface area (Å²) >= 11 is 0. The third kappa shape index (κ3) is 3.67. The predicted molar refractivity (Wildman–Crippen MR) is 85.5 cm³/mol. The molecule has 0 bridgehead atoms. The van der Waals surface area contributed by atoms with E-state index in [1.165, 1.54) is 38.4 Å². The molecule has 2 amide bonds. The lowest BCUT2D eigenvalue weighted by molar-refractivity contribution is 0.0690. The second-order valence-corrected chi connectivity index (χ2v) is 4.66. The normalized spacial score (nSPS) is 9.92. The van der Waals surface area contributed by atoms with Gasteiger partial charge >= 0.3 is 5.97 Å². The van der Waals surface area contributed by atoms with Crippen LogP contribution in [0.5, 0.6) is 5.75 Å². The smallest absolute Gasteiger partial charge is 0.354 e. The van der Waals surface area contributed by atoms with Crippen LogP contribution in [0.3, 0.4) is 0 Å². The number of benzene rings is 1. The summed E-state index contributed by atoms with van der Waals surface area (Å²) in [5.41, 5.74) is 0.294. The van der Waals surface area contributed by atoms with Gasteiger partial charge in [-0.15, -0.1) is 0 Å². The first kappa shape index (κ1) is 16.9. The molecule has 0 saturated carbocycles. The topological polar surface area (TPSA) is 118 Å². The fourth-order valence-electron chi connectivity index (χ4n) is 1.96. The van der Waals surface area contributed by atoms with Crippen LogP contribution in [-0.4, -0.2) is 42.0 Å². The minimum absolute atomic E-state index is 0.0673. The monoisotopic (exact) mass is 329 g/mol. The molecule has 0 atom stereocenters. The summed E-state index contributed by atoms with van der Waals surface area (Å²) in [6.45, 7) is 0. The number of pyridine rings is 1. The molecule has 0 aliphatic rings. The fourth-order valence-corrected chi connectivity index (χ4v) is 1.96. The molecule has 1 aromatic carbocycles. The maximum Gasteiger partial charge on any atom is 0.354 e. The number of ether oxygens (including phenoxy) is 1. The number of anilines is 1. The Morgan fingerprint density at radius 1 is 1.08 bits per heavy atom. The molecule has 3 N–H and O–H groups in total. The molecule has 2 rings (SSSR count). The number of rotatable bonds is 5. The first-order valence-corrected chi connectivity index (χ1v) is 6.88. The van der Waals surface area contributed by atoms with E-state index >= 15 is 0 Å². The SMILES string of the molecule is CNC(=O)c1ccc(OC)c(NC(=O)c2cccc(C(=O)O)n2)c1. The molecule has 1 aromatic heterocycles. The standard InChI is InChI=1S/C16H15N3O5/c1-17-14(20)9-6-7-13(24-2)12(8-9)19-15(21)10-4-3-5-11(18-10)16(22)23/h3-8H,1-2H3,(H,17,20)(H,19,21)(H,22,23). The summed E-state index contributed by atoms with van der Waals surface area (Å²) in [5.74, 6) is -1.82. The molecule has 8 nitrogen and oxygen atoms in total. The molecule has 0 spiro atoms. The van der Waals surface area contributed by atoms with Crippen molar-refractivity contribution in [1.29, 1.82) is 0 Å². The zero-order valence-corrected chi connectivity index (χ0v) is 13.0. The van der Waals surface area contributed by atoms with Gasteiger partial charge in [-0.2, -0.15) is 0 Å². The number of hydrogen-bond donors (Lipinski definition) is 3. The lowest BCUT2D eigenvalue weighted by Crippen LogP contribution is -2.19. The number of nitrogens with one attached hydrogen (secondary N) is 2. The van der Waals surface area contributed by atoms with E-state index in [1.807, 2.05) is 0 Å². The lowest BCUT2D eigenvalue weighted by Gasteiger charge is -2.11. The van der Waals surface area contributed by atoms with E-state index in [2.05, 4.69) is 15.6 Å². The van der Waals surface area contributed by atoms with Crippen LogP contribution in [-0.2, 0) is 0 Å². The van der Waals surface area contributed by atoms with Gasteiger partial charge in [-0.3, -0.25) is 9.59 Å². The van der Waals surface area contributed by atoms with Crippen LogP contribution in [0.15, 0.2) is 36.4 Å². The van der Waals surface area contributed by atoms with Crippen molar-refractivity contribution in [2.24, 2.45) is 0 Å². The van der Waals surface area contributed by atoms with Gasteiger partial charge in [0.1, 0.15) is 17.1 Å². The quantitative estimate of drug-likeness (QED) is 0.763. The molecule has 2 aromatic rings. The Kier molecular flexibility index (Phi) is 5.10. The van der Waals surface area contributed by atoms with Gasteiger partial charge in [0.15, 0.2) is 0 Å². The summed E-state index contributed by atoms with van der Waals surface area (Å²) in [5, 5.41) is 14.0. The molecule has 0 saturated heterocycles. The van der Waals surface area contributed by atoms with Gasteiger partial charge in [0.25, 0.3) is 11.8 Å². The molecule has 0 aliphatic heterocycles. The van der Waals surface area contributed by atoms with E-state index < -0.39 is 11.9 Å². The highest BCUT2D eigenvalue weighted by molar-refractivity contribution is 6.05. The van der Waals surface area contributed by atoms with E-state index in [0.717, 1.165) is 0 Å². The third-order valence-electron chi connectivity index (χ3n) is 3.14. The van der Waals surface area contributed by atoms with Gasteiger partial charge in [-0.05, 0) is 30.3 Å². The van der Waals surface area contributed by atoms with E-state index in [-0.39, 0.29) is 23.0 Å². The number of aromatic carboxylic acids is 1. The van der Waals surface area contributed by atoms with Crippen LogP contribution in [0.2, 0.25) is 0 Å². The molecule has 0 unspecified atom stereocenters. The maximum absolute atomic E-state index is 12.3. The van der Waals surface area contributed by atoms with Crippen molar-refractivity contribution in [3.05, 3.63) is 53.3 Å². The maximum atomic E-state index is 12.3. The fraction of sp³-hybridized carbons (Fsp3) is 0.125. The van der Waals surface area contributed by atoms with E-state index in [4.69, 9.17) is 9.84 Å². The number of hydrogen-bond acceptors (Lipinski definition) is 5. The molecule has 0 radical (unpaired) electrons. The van der Waals surface area contributed by atoms with Crippen molar-refractivity contribution in [3.8, 4) is 5.75 Å². The summed E-state index contributed by atoms with van der Waals surface area (Å²) in [4.78, 5) is 38.7. The first-order chi connectivity index (χ1) is 11.5. The van der Waals surface area contributed by atoms with Crippen molar-refractivity contribution in [3.63, 3.8) is 0 Å². The van der Waals surface area contributed by atoms with Crippen molar-refractivity contribution >= 4 is 23.5 Å². The van der Waals surface area contributed by atoms with Crippen molar-refractivity contribution in [1.82, 2.24) is 10.3 Å². The molecular formula is C16H15N3O5. The lowest BCUT2D eigenvalue weighted by atomic mass is 10.1. The van der Waals surface area contributed by atoms with Crippen LogP contribution in [0, 0.1) is 0 Å². The first-order valence-electron chi connectivity index (χ1n) is 6.88. The highest BCUT2D eigenvalue weighted by Gasteiger charge is 2.15. The minimum Gasteiger partial charge on any atom is -0.495 e. The number of methoxy groups -OCH3 is 1. The predicted octanol–water partition coefficient (Wildman–Crippen LogP) is 1.40. The Balaban J connectivity index is 2.32. The number of carbonyl (C=O) groups is 3. The third-order valence-corrected chi connectivity index (χ3v) is 3.14. The zero-order valence-electron chi connectivity index (χ0n) is 13.0. The average molecular weight is 329 g/mol. The molecule has 8 heteroatoms. The van der Waals surface area contributed by atoms with E-state index in [9.17, 15) is 14.4 Å². The van der Waals surface area contributed by atoms with Gasteiger partial charge in [-0.25, -0.2) is 9.78 Å². The van der Waals surface area contributed by atoms with Crippen LogP contribution < -0.4 is 15.4 Å². The Morgan fingerprint density at radius 3 is 2.42 bits per heavy atom. The van der Waals surface area contributed by atoms with Crippen LogP contribution in [0.25, 0.3) is 0 Å². The molecule has 1 heterocycles. The van der Waals surface area contributed by atoms with Crippen LogP contribution >= 0.6 is 0 Å². The molecule has 0 aliphatic carbocycles. The highest BCUT2D eigenvalue weighted by Crippen LogP contribution is 2.26. The second-order valence-electron chi connectivity index (χ2n) is 4.66. The summed E-state index contributed by atoms with van der Waals surface area (Å²) in [7, 11) is 2.92. The Bertz CT molecular complexity index is 804. The summed E-state index contributed by atoms with van der Waals surface area (Å²) in [6.07, 6.45) is 0. The number of amides is 2. The summed E-state index contributed by atoms with van der Waals surface area (Å²) < 4.78 is 5.15. The van der Waals surface area contributed by atoms with Crippen molar-refractivity contribution < 1.29 is 24.2 Å². The Hall–Kier alpha value is -3.42. The van der Waals surface area contributed by atoms with Gasteiger partial charge in [0.05, 0.1) is 12.8 Å². The molecule has 0 fully saturated rings. The largest absolute Gasteiger partial charge is 0.495 e. The molecule has 124 valence electrons. The Morgan fingerprint density at radius 2 is 1.79 bits per heavy atom. The second kappa shape index (κ2) is 7.23. The molecular weight excluding hydrogens is 314 g/mol. The van der Waals surface area contributed by atoms with Crippen molar-refractivity contribution in [2.45, 2.75) is 0 Å². The zero-order chi connectivity index (χ0) is 17.7. The Labute approximate surface area is 137 Å².